The Balaban J connectivity index is 1.54. The zero-order chi connectivity index (χ0) is 24.8. The normalized spacial score (nSPS) is 13.5. The van der Waals surface area contributed by atoms with E-state index in [2.05, 4.69) is 25.3 Å². The number of nitrogens with zero attached hydrogens (tertiary/aromatic N) is 5. The van der Waals surface area contributed by atoms with Crippen LogP contribution in [-0.2, 0) is 4.74 Å². The summed E-state index contributed by atoms with van der Waals surface area (Å²) in [5, 5.41) is 2.75. The third-order valence-electron chi connectivity index (χ3n) is 5.13. The SMILES string of the molecule is COCC(C)Oc1cc(Oc2cnc(C(=O)N3CCC3)cn2)cc(C(=O)Nc2cnc(C)nc2)c1. The minimum atomic E-state index is -0.395. The van der Waals surface area contributed by atoms with E-state index in [9.17, 15) is 9.59 Å². The summed E-state index contributed by atoms with van der Waals surface area (Å²) in [6.07, 6.45) is 6.53. The van der Waals surface area contributed by atoms with Gasteiger partial charge < -0.3 is 24.4 Å². The number of nitrogens with one attached hydrogen (secondary N) is 1. The number of carbonyl (C=O) groups is 2. The fourth-order valence-electron chi connectivity index (χ4n) is 3.27. The van der Waals surface area contributed by atoms with Crippen LogP contribution >= 0.6 is 0 Å². The lowest BCUT2D eigenvalue weighted by Gasteiger charge is -2.30. The third-order valence-corrected chi connectivity index (χ3v) is 5.13. The summed E-state index contributed by atoms with van der Waals surface area (Å²) < 4.78 is 16.9. The van der Waals surface area contributed by atoms with Crippen LogP contribution < -0.4 is 14.8 Å². The summed E-state index contributed by atoms with van der Waals surface area (Å²) in [6, 6.07) is 4.79. The van der Waals surface area contributed by atoms with Gasteiger partial charge in [-0.15, -0.1) is 0 Å². The van der Waals surface area contributed by atoms with E-state index < -0.39 is 5.91 Å². The molecule has 0 spiro atoms. The quantitative estimate of drug-likeness (QED) is 0.493. The molecule has 1 N–H and O–H groups in total. The number of likely N-dealkylation sites (tertiary alicyclic amines) is 1. The Bertz CT molecular complexity index is 1180. The van der Waals surface area contributed by atoms with Crippen LogP contribution in [0.1, 0.15) is 40.0 Å². The van der Waals surface area contributed by atoms with Gasteiger partial charge in [0.2, 0.25) is 5.88 Å². The summed E-state index contributed by atoms with van der Waals surface area (Å²) in [7, 11) is 1.58. The smallest absolute Gasteiger partial charge is 0.274 e. The Kier molecular flexibility index (Phi) is 7.46. The van der Waals surface area contributed by atoms with E-state index in [1.807, 2.05) is 6.92 Å². The Morgan fingerprint density at radius 2 is 1.77 bits per heavy atom. The molecule has 1 saturated heterocycles. The van der Waals surface area contributed by atoms with Crippen molar-refractivity contribution in [3.63, 3.8) is 0 Å². The zero-order valence-corrected chi connectivity index (χ0v) is 19.7. The molecule has 3 heterocycles. The van der Waals surface area contributed by atoms with Crippen LogP contribution in [0, 0.1) is 6.92 Å². The standard InChI is InChI=1S/C24H26N6O5/c1-15(14-33-3)34-19-7-17(23(31)29-18-10-25-16(2)26-11-18)8-20(9-19)35-22-13-27-21(12-28-22)24(32)30-5-4-6-30/h7-13,15H,4-6,14H2,1-3H3,(H,29,31). The number of aromatic nitrogens is 4. The molecular weight excluding hydrogens is 452 g/mol. The van der Waals surface area contributed by atoms with Gasteiger partial charge in [-0.1, -0.05) is 0 Å². The van der Waals surface area contributed by atoms with E-state index in [-0.39, 0.29) is 23.6 Å². The number of hydrogen-bond donors (Lipinski definition) is 1. The van der Waals surface area contributed by atoms with Crippen molar-refractivity contribution in [1.29, 1.82) is 0 Å². The number of benzene rings is 1. The number of aryl methyl sites for hydroxylation is 1. The summed E-state index contributed by atoms with van der Waals surface area (Å²) in [5.74, 6) is 0.944. The third kappa shape index (κ3) is 6.27. The predicted molar refractivity (Wildman–Crippen MR) is 126 cm³/mol. The molecule has 2 amide bonds. The number of carbonyl (C=O) groups excluding carboxylic acids is 2. The first-order valence-corrected chi connectivity index (χ1v) is 11.1. The number of hydrogen-bond acceptors (Lipinski definition) is 9. The maximum Gasteiger partial charge on any atom is 0.274 e. The highest BCUT2D eigenvalue weighted by atomic mass is 16.5. The zero-order valence-electron chi connectivity index (χ0n) is 19.7. The maximum absolute atomic E-state index is 12.9. The van der Waals surface area contributed by atoms with Crippen LogP contribution in [0.3, 0.4) is 0 Å². The van der Waals surface area contributed by atoms with Crippen molar-refractivity contribution in [2.75, 3.05) is 32.1 Å². The van der Waals surface area contributed by atoms with Crippen molar-refractivity contribution in [2.24, 2.45) is 0 Å². The first-order chi connectivity index (χ1) is 16.9. The number of ether oxygens (including phenoxy) is 3. The first-order valence-electron chi connectivity index (χ1n) is 11.1. The molecule has 4 rings (SSSR count). The van der Waals surface area contributed by atoms with Gasteiger partial charge in [0.1, 0.15) is 29.1 Å². The Labute approximate surface area is 202 Å². The molecule has 0 bridgehead atoms. The number of rotatable bonds is 9. The van der Waals surface area contributed by atoms with Crippen molar-refractivity contribution < 1.29 is 23.8 Å². The molecule has 35 heavy (non-hydrogen) atoms. The van der Waals surface area contributed by atoms with Crippen LogP contribution in [0.4, 0.5) is 5.69 Å². The fourth-order valence-corrected chi connectivity index (χ4v) is 3.27. The largest absolute Gasteiger partial charge is 0.488 e. The second kappa shape index (κ2) is 10.9. The molecule has 0 radical (unpaired) electrons. The molecule has 0 saturated carbocycles. The Morgan fingerprint density at radius 3 is 2.40 bits per heavy atom. The molecular formula is C24H26N6O5. The molecule has 11 nitrogen and oxygen atoms in total. The van der Waals surface area contributed by atoms with Gasteiger partial charge >= 0.3 is 0 Å². The average Bonchev–Trinajstić information content (AvgIpc) is 2.80. The average molecular weight is 479 g/mol. The second-order valence-electron chi connectivity index (χ2n) is 8.04. The number of anilines is 1. The topological polar surface area (TPSA) is 129 Å². The van der Waals surface area contributed by atoms with Crippen LogP contribution in [0.25, 0.3) is 0 Å². The summed E-state index contributed by atoms with van der Waals surface area (Å²) >= 11 is 0. The monoisotopic (exact) mass is 478 g/mol. The highest BCUT2D eigenvalue weighted by molar-refractivity contribution is 6.04. The van der Waals surface area contributed by atoms with Crippen molar-refractivity contribution in [3.8, 4) is 17.4 Å². The van der Waals surface area contributed by atoms with E-state index in [1.165, 1.54) is 24.8 Å². The lowest BCUT2D eigenvalue weighted by Crippen LogP contribution is -2.42. The van der Waals surface area contributed by atoms with Crippen molar-refractivity contribution in [2.45, 2.75) is 26.4 Å². The maximum atomic E-state index is 12.9. The lowest BCUT2D eigenvalue weighted by atomic mass is 10.2. The highest BCUT2D eigenvalue weighted by Crippen LogP contribution is 2.28. The minimum absolute atomic E-state index is 0.156. The van der Waals surface area contributed by atoms with Crippen LogP contribution in [0.2, 0.25) is 0 Å². The molecule has 1 aromatic carbocycles. The first kappa shape index (κ1) is 24.0. The van der Waals surface area contributed by atoms with E-state index in [4.69, 9.17) is 14.2 Å². The molecule has 2 aromatic heterocycles. The van der Waals surface area contributed by atoms with Crippen molar-refractivity contribution >= 4 is 17.5 Å². The van der Waals surface area contributed by atoms with Crippen molar-refractivity contribution in [1.82, 2.24) is 24.8 Å². The number of amides is 2. The fraction of sp³-hybridized carbons (Fsp3) is 0.333. The molecule has 182 valence electrons. The molecule has 1 unspecified atom stereocenters. The molecule has 1 aliphatic rings. The summed E-state index contributed by atoms with van der Waals surface area (Å²) in [6.45, 7) is 5.43. The van der Waals surface area contributed by atoms with Gasteiger partial charge in [-0.2, -0.15) is 0 Å². The van der Waals surface area contributed by atoms with Crippen LogP contribution in [0.15, 0.2) is 43.0 Å². The van der Waals surface area contributed by atoms with Gasteiger partial charge in [0.05, 0.1) is 37.1 Å². The molecule has 1 fully saturated rings. The second-order valence-corrected chi connectivity index (χ2v) is 8.04. The van der Waals surface area contributed by atoms with E-state index in [0.29, 0.717) is 35.2 Å². The van der Waals surface area contributed by atoms with Gasteiger partial charge in [-0.05, 0) is 32.4 Å². The molecule has 1 aliphatic heterocycles. The number of methoxy groups -OCH3 is 1. The van der Waals surface area contributed by atoms with Gasteiger partial charge in [-0.3, -0.25) is 9.59 Å². The van der Waals surface area contributed by atoms with E-state index >= 15 is 0 Å². The van der Waals surface area contributed by atoms with E-state index in [0.717, 1.165) is 19.5 Å². The van der Waals surface area contributed by atoms with Gasteiger partial charge in [-0.25, -0.2) is 19.9 Å². The minimum Gasteiger partial charge on any atom is -0.488 e. The predicted octanol–water partition coefficient (Wildman–Crippen LogP) is 2.88. The van der Waals surface area contributed by atoms with Crippen molar-refractivity contribution in [3.05, 3.63) is 60.1 Å². The van der Waals surface area contributed by atoms with Gasteiger partial charge in [0.25, 0.3) is 11.8 Å². The molecule has 0 aliphatic carbocycles. The van der Waals surface area contributed by atoms with Crippen LogP contribution in [0.5, 0.6) is 17.4 Å². The van der Waals surface area contributed by atoms with Gasteiger partial charge in [0, 0.05) is 31.8 Å². The Hall–Kier alpha value is -4.12. The molecule has 11 heteroatoms. The lowest BCUT2D eigenvalue weighted by molar-refractivity contribution is 0.0645. The van der Waals surface area contributed by atoms with Crippen LogP contribution in [-0.4, -0.2) is 69.6 Å². The highest BCUT2D eigenvalue weighted by Gasteiger charge is 2.23. The summed E-state index contributed by atoms with van der Waals surface area (Å²) in [5.41, 5.74) is 0.999. The Morgan fingerprint density at radius 1 is 1.03 bits per heavy atom. The van der Waals surface area contributed by atoms with Gasteiger partial charge in [0.15, 0.2) is 0 Å². The summed E-state index contributed by atoms with van der Waals surface area (Å²) in [4.78, 5) is 43.4. The molecule has 3 aromatic rings. The molecule has 1 atom stereocenters. The van der Waals surface area contributed by atoms with E-state index in [1.54, 1.807) is 37.1 Å².